The Balaban J connectivity index is 2.58. The molecule has 0 saturated heterocycles. The van der Waals surface area contributed by atoms with Crippen molar-refractivity contribution in [1.82, 2.24) is 25.7 Å². The number of hydrogen-bond donors (Lipinski definition) is 0. The summed E-state index contributed by atoms with van der Waals surface area (Å²) >= 11 is 0. The molecule has 0 spiro atoms. The summed E-state index contributed by atoms with van der Waals surface area (Å²) in [7, 11) is 0. The van der Waals surface area contributed by atoms with Gasteiger partial charge in [-0.25, -0.2) is 0 Å². The highest BCUT2D eigenvalue weighted by Crippen LogP contribution is 2.19. The molecule has 0 amide bonds. The normalized spacial score (nSPS) is 10.0. The van der Waals surface area contributed by atoms with Crippen molar-refractivity contribution in [3.8, 4) is 5.69 Å². The van der Waals surface area contributed by atoms with Crippen LogP contribution < -0.4 is 0 Å². The summed E-state index contributed by atoms with van der Waals surface area (Å²) in [5.41, 5.74) is 0.148. The van der Waals surface area contributed by atoms with Gasteiger partial charge in [0.05, 0.1) is 4.92 Å². The highest BCUT2D eigenvalue weighted by Gasteiger charge is 2.15. The van der Waals surface area contributed by atoms with E-state index in [2.05, 4.69) is 20.9 Å². The van der Waals surface area contributed by atoms with Gasteiger partial charge in [-0.1, -0.05) is 12.1 Å². The Kier molecular flexibility index (Phi) is 1.86. The molecule has 8 nitrogen and oxygen atoms in total. The van der Waals surface area contributed by atoms with E-state index in [1.165, 1.54) is 12.1 Å². The lowest BCUT2D eigenvalue weighted by Gasteiger charge is -1.97. The molecule has 1 heterocycles. The first-order valence-electron chi connectivity index (χ1n) is 3.64. The summed E-state index contributed by atoms with van der Waals surface area (Å²) in [6.45, 7) is 0. The maximum Gasteiger partial charge on any atom is 0.296 e. The quantitative estimate of drug-likeness (QED) is 0.489. The van der Waals surface area contributed by atoms with E-state index in [0.717, 1.165) is 4.80 Å². The van der Waals surface area contributed by atoms with E-state index in [1.54, 1.807) is 12.1 Å². The van der Waals surface area contributed by atoms with Crippen LogP contribution in [0.25, 0.3) is 5.69 Å². The zero-order valence-corrected chi connectivity index (χ0v) is 6.81. The smallest absolute Gasteiger partial charge is 0.258 e. The standard InChI is InChI=1S/C6H4N6O2/c13-12(14)6-4-2-1-3-5(6)11-9-7-8-10-11/h1-4H. The third-order valence-corrected chi connectivity index (χ3v) is 1.58. The average molecular weight is 192 g/mol. The fourth-order valence-corrected chi connectivity index (χ4v) is 1.01. The van der Waals surface area contributed by atoms with Crippen LogP contribution in [0.1, 0.15) is 0 Å². The minimum absolute atomic E-state index is 0.0905. The zero-order chi connectivity index (χ0) is 9.97. The highest BCUT2D eigenvalue weighted by atomic mass is 16.6. The van der Waals surface area contributed by atoms with E-state index in [9.17, 15) is 10.1 Å². The molecule has 14 heavy (non-hydrogen) atoms. The Bertz CT molecular complexity index is 453. The first kappa shape index (κ1) is 8.23. The molecular formula is C6H4N6O2. The van der Waals surface area contributed by atoms with Crippen molar-refractivity contribution in [2.75, 3.05) is 0 Å². The summed E-state index contributed by atoms with van der Waals surface area (Å²) in [6.07, 6.45) is 0. The number of rotatable bonds is 2. The molecule has 0 aliphatic heterocycles. The lowest BCUT2D eigenvalue weighted by atomic mass is 10.3. The Morgan fingerprint density at radius 2 is 1.86 bits per heavy atom. The van der Waals surface area contributed by atoms with Crippen molar-refractivity contribution in [1.29, 1.82) is 0 Å². The number of nitro benzene ring substituents is 1. The minimum atomic E-state index is -0.515. The fraction of sp³-hybridized carbons (Fsp3) is 0. The van der Waals surface area contributed by atoms with Gasteiger partial charge < -0.3 is 0 Å². The molecule has 0 atom stereocenters. The molecule has 70 valence electrons. The minimum Gasteiger partial charge on any atom is -0.258 e. The van der Waals surface area contributed by atoms with E-state index in [4.69, 9.17) is 0 Å². The predicted octanol–water partition coefficient (Wildman–Crippen LogP) is -0.0345. The van der Waals surface area contributed by atoms with Crippen molar-refractivity contribution < 1.29 is 4.92 Å². The van der Waals surface area contributed by atoms with Gasteiger partial charge >= 0.3 is 0 Å². The van der Waals surface area contributed by atoms with Gasteiger partial charge in [-0.2, -0.15) is 0 Å². The fourth-order valence-electron chi connectivity index (χ4n) is 1.01. The molecule has 1 aromatic heterocycles. The zero-order valence-electron chi connectivity index (χ0n) is 6.81. The van der Waals surface area contributed by atoms with Gasteiger partial charge in [-0.05, 0) is 26.9 Å². The third kappa shape index (κ3) is 1.28. The molecule has 0 unspecified atom stereocenters. The predicted molar refractivity (Wildman–Crippen MR) is 43.6 cm³/mol. The Morgan fingerprint density at radius 1 is 1.21 bits per heavy atom. The molecule has 8 heteroatoms. The lowest BCUT2D eigenvalue weighted by Crippen LogP contribution is -2.03. The van der Waals surface area contributed by atoms with E-state index in [0.29, 0.717) is 0 Å². The molecule has 2 aromatic rings. The average Bonchev–Trinajstić information content (AvgIpc) is 2.70. The summed E-state index contributed by atoms with van der Waals surface area (Å²) in [5.74, 6) is 0. The van der Waals surface area contributed by atoms with E-state index in [1.807, 2.05) is 0 Å². The van der Waals surface area contributed by atoms with Crippen molar-refractivity contribution >= 4 is 5.69 Å². The first-order chi connectivity index (χ1) is 6.79. The highest BCUT2D eigenvalue weighted by molar-refractivity contribution is 5.50. The Hall–Kier alpha value is -2.38. The second-order valence-electron chi connectivity index (χ2n) is 2.39. The van der Waals surface area contributed by atoms with Crippen LogP contribution >= 0.6 is 0 Å². The summed E-state index contributed by atoms with van der Waals surface area (Å²) in [4.78, 5) is 11.1. The first-order valence-corrected chi connectivity index (χ1v) is 3.64. The van der Waals surface area contributed by atoms with Crippen molar-refractivity contribution in [3.05, 3.63) is 34.4 Å². The van der Waals surface area contributed by atoms with E-state index < -0.39 is 4.92 Å². The van der Waals surface area contributed by atoms with Crippen LogP contribution in [0.3, 0.4) is 0 Å². The van der Waals surface area contributed by atoms with Crippen LogP contribution in [-0.2, 0) is 0 Å². The molecule has 0 fully saturated rings. The number of aromatic nitrogens is 5. The molecule has 0 bridgehead atoms. The monoisotopic (exact) mass is 192 g/mol. The molecule has 0 aliphatic rings. The molecule has 0 aliphatic carbocycles. The number of nitrogens with zero attached hydrogens (tertiary/aromatic N) is 6. The lowest BCUT2D eigenvalue weighted by molar-refractivity contribution is -0.384. The van der Waals surface area contributed by atoms with E-state index >= 15 is 0 Å². The Labute approximate surface area is 77.3 Å². The molecule has 1 aromatic carbocycles. The summed E-state index contributed by atoms with van der Waals surface area (Å²) < 4.78 is 0. The number of para-hydroxylation sites is 2. The van der Waals surface area contributed by atoms with Gasteiger partial charge in [0, 0.05) is 6.07 Å². The van der Waals surface area contributed by atoms with Gasteiger partial charge in [0.2, 0.25) is 0 Å². The van der Waals surface area contributed by atoms with Crippen LogP contribution in [-0.4, -0.2) is 30.6 Å². The number of nitro groups is 1. The van der Waals surface area contributed by atoms with Crippen molar-refractivity contribution in [2.24, 2.45) is 0 Å². The van der Waals surface area contributed by atoms with Crippen LogP contribution in [0.5, 0.6) is 0 Å². The SMILES string of the molecule is O=[N+]([O-])c1ccccc1-n1nnnn1. The van der Waals surface area contributed by atoms with Crippen LogP contribution in [0.2, 0.25) is 0 Å². The summed E-state index contributed by atoms with van der Waals surface area (Å²) in [6, 6.07) is 6.08. The number of hydrogen-bond acceptors (Lipinski definition) is 6. The molecule has 2 rings (SSSR count). The number of benzene rings is 1. The van der Waals surface area contributed by atoms with Crippen LogP contribution in [0.4, 0.5) is 5.69 Å². The van der Waals surface area contributed by atoms with Gasteiger partial charge in [0.15, 0.2) is 5.69 Å². The van der Waals surface area contributed by atoms with Gasteiger partial charge in [-0.15, -0.1) is 4.80 Å². The van der Waals surface area contributed by atoms with Crippen molar-refractivity contribution in [3.63, 3.8) is 0 Å². The third-order valence-electron chi connectivity index (χ3n) is 1.58. The summed E-state index contributed by atoms with van der Waals surface area (Å²) in [5, 5.41) is 24.0. The van der Waals surface area contributed by atoms with Gasteiger partial charge in [0.1, 0.15) is 0 Å². The van der Waals surface area contributed by atoms with Crippen molar-refractivity contribution in [2.45, 2.75) is 0 Å². The molecule has 0 radical (unpaired) electrons. The maximum atomic E-state index is 10.6. The molecule has 0 N–H and O–H groups in total. The van der Waals surface area contributed by atoms with Gasteiger partial charge in [0.25, 0.3) is 5.69 Å². The molecule has 0 saturated carbocycles. The van der Waals surface area contributed by atoms with E-state index in [-0.39, 0.29) is 11.4 Å². The van der Waals surface area contributed by atoms with Crippen LogP contribution in [0.15, 0.2) is 24.3 Å². The Morgan fingerprint density at radius 3 is 2.50 bits per heavy atom. The topological polar surface area (TPSA) is 99.6 Å². The largest absolute Gasteiger partial charge is 0.296 e. The maximum absolute atomic E-state index is 10.6. The second kappa shape index (κ2) is 3.17. The second-order valence-corrected chi connectivity index (χ2v) is 2.39. The van der Waals surface area contributed by atoms with Gasteiger partial charge in [-0.3, -0.25) is 10.1 Å². The van der Waals surface area contributed by atoms with Crippen LogP contribution in [0, 0.1) is 10.1 Å². The molecular weight excluding hydrogens is 188 g/mol.